The second-order valence-corrected chi connectivity index (χ2v) is 4.90. The quantitative estimate of drug-likeness (QED) is 0.919. The van der Waals surface area contributed by atoms with E-state index in [0.29, 0.717) is 34.6 Å². The molecule has 0 amide bonds. The van der Waals surface area contributed by atoms with E-state index >= 15 is 0 Å². The topological polar surface area (TPSA) is 53.1 Å². The molecule has 2 aromatic rings. The van der Waals surface area contributed by atoms with Crippen molar-refractivity contribution in [2.24, 2.45) is 5.73 Å². The third-order valence-corrected chi connectivity index (χ3v) is 3.09. The van der Waals surface area contributed by atoms with Crippen LogP contribution in [0.2, 0.25) is 10.0 Å². The molecule has 0 radical (unpaired) electrons. The van der Waals surface area contributed by atoms with Crippen LogP contribution in [0.25, 0.3) is 0 Å². The normalized spacial score (nSPS) is 10.7. The number of rotatable bonds is 5. The lowest BCUT2D eigenvalue weighted by molar-refractivity contribution is 0.472. The van der Waals surface area contributed by atoms with Crippen LogP contribution in [0.4, 0.5) is 0 Å². The highest BCUT2D eigenvalue weighted by Gasteiger charge is 2.11. The number of benzene rings is 1. The van der Waals surface area contributed by atoms with Gasteiger partial charge in [-0.25, -0.2) is 0 Å². The van der Waals surface area contributed by atoms with Gasteiger partial charge in [0, 0.05) is 16.6 Å². The first kappa shape index (κ1) is 14.2. The summed E-state index contributed by atoms with van der Waals surface area (Å²) in [7, 11) is 0. The first-order chi connectivity index (χ1) is 9.13. The molecular weight excluding hydrogens is 285 g/mol. The van der Waals surface area contributed by atoms with Gasteiger partial charge in [-0.2, -0.15) is 5.10 Å². The van der Waals surface area contributed by atoms with Gasteiger partial charge in [0.25, 0.3) is 0 Å². The number of halogens is 2. The molecule has 19 heavy (non-hydrogen) atoms. The van der Waals surface area contributed by atoms with Crippen molar-refractivity contribution in [1.82, 2.24) is 9.78 Å². The fourth-order valence-corrected chi connectivity index (χ4v) is 2.37. The van der Waals surface area contributed by atoms with E-state index in [0.717, 1.165) is 12.1 Å². The molecule has 1 aromatic carbocycles. The molecule has 0 aliphatic carbocycles. The Labute approximate surface area is 122 Å². The maximum absolute atomic E-state index is 5.94. The first-order valence-electron chi connectivity index (χ1n) is 6.02. The van der Waals surface area contributed by atoms with E-state index in [1.165, 1.54) is 0 Å². The van der Waals surface area contributed by atoms with Crippen LogP contribution in [-0.4, -0.2) is 16.3 Å². The summed E-state index contributed by atoms with van der Waals surface area (Å²) in [6.45, 7) is 3.25. The Hall–Kier alpha value is -1.23. The molecule has 1 aromatic heterocycles. The SMILES string of the molecule is CCc1c(Oc2cc(Cl)cc(Cl)c2)cnn1CCN. The molecule has 1 heterocycles. The zero-order valence-electron chi connectivity index (χ0n) is 10.6. The zero-order chi connectivity index (χ0) is 13.8. The monoisotopic (exact) mass is 299 g/mol. The number of nitrogens with two attached hydrogens (primary N) is 1. The second-order valence-electron chi connectivity index (χ2n) is 4.03. The second kappa shape index (κ2) is 6.28. The average Bonchev–Trinajstić information content (AvgIpc) is 2.70. The van der Waals surface area contributed by atoms with E-state index in [-0.39, 0.29) is 0 Å². The predicted molar refractivity (Wildman–Crippen MR) is 77.2 cm³/mol. The van der Waals surface area contributed by atoms with Gasteiger partial charge in [0.05, 0.1) is 18.4 Å². The Morgan fingerprint density at radius 3 is 2.53 bits per heavy atom. The van der Waals surface area contributed by atoms with Crippen molar-refractivity contribution in [3.05, 3.63) is 40.1 Å². The van der Waals surface area contributed by atoms with E-state index in [1.807, 2.05) is 11.6 Å². The summed E-state index contributed by atoms with van der Waals surface area (Å²) in [6, 6.07) is 5.09. The molecule has 0 atom stereocenters. The zero-order valence-corrected chi connectivity index (χ0v) is 12.1. The number of aromatic nitrogens is 2. The van der Waals surface area contributed by atoms with E-state index < -0.39 is 0 Å². The minimum atomic E-state index is 0.537. The molecule has 0 fully saturated rings. The third kappa shape index (κ3) is 3.41. The molecule has 0 aliphatic heterocycles. The lowest BCUT2D eigenvalue weighted by Gasteiger charge is -2.08. The van der Waals surface area contributed by atoms with E-state index in [1.54, 1.807) is 24.4 Å². The van der Waals surface area contributed by atoms with Crippen LogP contribution in [0.5, 0.6) is 11.5 Å². The summed E-state index contributed by atoms with van der Waals surface area (Å²) < 4.78 is 7.64. The van der Waals surface area contributed by atoms with E-state index in [2.05, 4.69) is 5.10 Å². The largest absolute Gasteiger partial charge is 0.454 e. The molecular formula is C13H15Cl2N3O. The van der Waals surface area contributed by atoms with Gasteiger partial charge in [-0.1, -0.05) is 30.1 Å². The summed E-state index contributed by atoms with van der Waals surface area (Å²) in [5.41, 5.74) is 6.55. The van der Waals surface area contributed by atoms with Gasteiger partial charge in [-0.05, 0) is 24.6 Å². The van der Waals surface area contributed by atoms with Crippen molar-refractivity contribution in [3.63, 3.8) is 0 Å². The Balaban J connectivity index is 2.27. The lowest BCUT2D eigenvalue weighted by atomic mass is 10.3. The van der Waals surface area contributed by atoms with Crippen LogP contribution in [0.15, 0.2) is 24.4 Å². The fourth-order valence-electron chi connectivity index (χ4n) is 1.86. The van der Waals surface area contributed by atoms with Gasteiger partial charge in [0.1, 0.15) is 5.75 Å². The highest BCUT2D eigenvalue weighted by Crippen LogP contribution is 2.30. The minimum absolute atomic E-state index is 0.537. The minimum Gasteiger partial charge on any atom is -0.454 e. The summed E-state index contributed by atoms with van der Waals surface area (Å²) in [5.74, 6) is 1.30. The highest BCUT2D eigenvalue weighted by atomic mass is 35.5. The summed E-state index contributed by atoms with van der Waals surface area (Å²) >= 11 is 11.9. The van der Waals surface area contributed by atoms with Gasteiger partial charge in [-0.3, -0.25) is 4.68 Å². The molecule has 2 N–H and O–H groups in total. The molecule has 6 heteroatoms. The lowest BCUT2D eigenvalue weighted by Crippen LogP contribution is -2.13. The molecule has 0 bridgehead atoms. The van der Waals surface area contributed by atoms with E-state index in [4.69, 9.17) is 33.7 Å². The van der Waals surface area contributed by atoms with Gasteiger partial charge in [-0.15, -0.1) is 0 Å². The molecule has 102 valence electrons. The van der Waals surface area contributed by atoms with Crippen molar-refractivity contribution in [3.8, 4) is 11.5 Å². The van der Waals surface area contributed by atoms with Crippen LogP contribution < -0.4 is 10.5 Å². The summed E-state index contributed by atoms with van der Waals surface area (Å²) in [6.07, 6.45) is 2.49. The predicted octanol–water partition coefficient (Wildman–Crippen LogP) is 3.50. The smallest absolute Gasteiger partial charge is 0.168 e. The van der Waals surface area contributed by atoms with Gasteiger partial charge in [0.2, 0.25) is 0 Å². The summed E-state index contributed by atoms with van der Waals surface area (Å²) in [5, 5.41) is 5.34. The Bertz CT molecular complexity index is 549. The maximum atomic E-state index is 5.94. The van der Waals surface area contributed by atoms with Crippen molar-refractivity contribution >= 4 is 23.2 Å². The van der Waals surface area contributed by atoms with Crippen molar-refractivity contribution < 1.29 is 4.74 Å². The highest BCUT2D eigenvalue weighted by molar-refractivity contribution is 6.34. The molecule has 0 spiro atoms. The third-order valence-electron chi connectivity index (χ3n) is 2.65. The number of hydrogen-bond donors (Lipinski definition) is 1. The van der Waals surface area contributed by atoms with Crippen molar-refractivity contribution in [2.75, 3.05) is 6.54 Å². The standard InChI is InChI=1S/C13H15Cl2N3O/c1-2-12-13(8-17-18(12)4-3-16)19-11-6-9(14)5-10(15)7-11/h5-8H,2-4,16H2,1H3. The van der Waals surface area contributed by atoms with Crippen molar-refractivity contribution in [2.45, 2.75) is 19.9 Å². The molecule has 4 nitrogen and oxygen atoms in total. The maximum Gasteiger partial charge on any atom is 0.168 e. The summed E-state index contributed by atoms with van der Waals surface area (Å²) in [4.78, 5) is 0. The van der Waals surface area contributed by atoms with Crippen LogP contribution in [-0.2, 0) is 13.0 Å². The van der Waals surface area contributed by atoms with Gasteiger partial charge < -0.3 is 10.5 Å². The van der Waals surface area contributed by atoms with Crippen LogP contribution in [0.3, 0.4) is 0 Å². The first-order valence-corrected chi connectivity index (χ1v) is 6.78. The van der Waals surface area contributed by atoms with Gasteiger partial charge in [0.15, 0.2) is 5.75 Å². The van der Waals surface area contributed by atoms with Crippen LogP contribution >= 0.6 is 23.2 Å². The Morgan fingerprint density at radius 2 is 1.95 bits per heavy atom. The van der Waals surface area contributed by atoms with Gasteiger partial charge >= 0.3 is 0 Å². The molecule has 0 saturated carbocycles. The fraction of sp³-hybridized carbons (Fsp3) is 0.308. The Kier molecular flexibility index (Phi) is 4.69. The van der Waals surface area contributed by atoms with Crippen LogP contribution in [0, 0.1) is 0 Å². The van der Waals surface area contributed by atoms with Crippen molar-refractivity contribution in [1.29, 1.82) is 0 Å². The molecule has 0 aliphatic rings. The van der Waals surface area contributed by atoms with E-state index in [9.17, 15) is 0 Å². The molecule has 0 saturated heterocycles. The Morgan fingerprint density at radius 1 is 1.26 bits per heavy atom. The molecule has 0 unspecified atom stereocenters. The number of ether oxygens (including phenoxy) is 1. The van der Waals surface area contributed by atoms with Crippen LogP contribution in [0.1, 0.15) is 12.6 Å². The number of hydrogen-bond acceptors (Lipinski definition) is 3. The number of nitrogens with zero attached hydrogens (tertiary/aromatic N) is 2. The average molecular weight is 300 g/mol. The molecule has 2 rings (SSSR count).